The quantitative estimate of drug-likeness (QED) is 0.379. The minimum absolute atomic E-state index is 0.0345. The van der Waals surface area contributed by atoms with Gasteiger partial charge in [-0.05, 0) is 18.2 Å². The van der Waals surface area contributed by atoms with E-state index in [1.165, 1.54) is 32.4 Å². The first-order valence-electron chi connectivity index (χ1n) is 7.58. The molecule has 0 amide bonds. The fraction of sp³-hybridized carbons (Fsp3) is 0.167. The highest BCUT2D eigenvalue weighted by atomic mass is 16.6. The first-order valence-corrected chi connectivity index (χ1v) is 7.58. The van der Waals surface area contributed by atoms with Gasteiger partial charge in [-0.15, -0.1) is 0 Å². The van der Waals surface area contributed by atoms with Crippen molar-refractivity contribution in [3.05, 3.63) is 68.6 Å². The topological polar surface area (TPSA) is 101 Å². The molecule has 0 saturated heterocycles. The normalized spacial score (nSPS) is 10.5. The van der Waals surface area contributed by atoms with Gasteiger partial charge in [-0.3, -0.25) is 10.1 Å². The van der Waals surface area contributed by atoms with Crippen LogP contribution in [0.25, 0.3) is 11.0 Å². The second-order valence-electron chi connectivity index (χ2n) is 5.32. The first-order chi connectivity index (χ1) is 12.5. The van der Waals surface area contributed by atoms with Gasteiger partial charge in [0.05, 0.1) is 30.8 Å². The summed E-state index contributed by atoms with van der Waals surface area (Å²) in [6.45, 7) is -0.209. The lowest BCUT2D eigenvalue weighted by atomic mass is 10.1. The SMILES string of the molecule is COc1cc(COc2cc3ccccc3oc2=O)c([N+](=O)[O-])cc1OC. The minimum atomic E-state index is -0.660. The number of para-hydroxylation sites is 1. The highest BCUT2D eigenvalue weighted by Gasteiger charge is 2.20. The van der Waals surface area contributed by atoms with Crippen LogP contribution in [0, 0.1) is 10.1 Å². The molecule has 0 atom stereocenters. The number of nitrogens with zero attached hydrogens (tertiary/aromatic N) is 1. The van der Waals surface area contributed by atoms with Crippen LogP contribution in [0.3, 0.4) is 0 Å². The highest BCUT2D eigenvalue weighted by molar-refractivity contribution is 5.77. The summed E-state index contributed by atoms with van der Waals surface area (Å²) in [5.74, 6) is 0.517. The Bertz CT molecular complexity index is 1030. The third-order valence-electron chi connectivity index (χ3n) is 3.77. The van der Waals surface area contributed by atoms with Crippen molar-refractivity contribution in [2.45, 2.75) is 6.61 Å². The van der Waals surface area contributed by atoms with Crippen molar-refractivity contribution >= 4 is 16.7 Å². The number of fused-ring (bicyclic) bond motifs is 1. The molecule has 0 spiro atoms. The Balaban J connectivity index is 1.95. The van der Waals surface area contributed by atoms with Gasteiger partial charge in [0.25, 0.3) is 5.69 Å². The molecule has 0 unspecified atom stereocenters. The van der Waals surface area contributed by atoms with Crippen molar-refractivity contribution < 1.29 is 23.6 Å². The van der Waals surface area contributed by atoms with Crippen LogP contribution in [0.5, 0.6) is 17.2 Å². The van der Waals surface area contributed by atoms with Crippen molar-refractivity contribution in [3.63, 3.8) is 0 Å². The van der Waals surface area contributed by atoms with Crippen LogP contribution in [0.15, 0.2) is 51.7 Å². The summed E-state index contributed by atoms with van der Waals surface area (Å²) in [6, 6.07) is 11.2. The fourth-order valence-corrected chi connectivity index (χ4v) is 2.50. The summed E-state index contributed by atoms with van der Waals surface area (Å²) in [7, 11) is 2.81. The number of hydrogen-bond donors (Lipinski definition) is 0. The van der Waals surface area contributed by atoms with Crippen molar-refractivity contribution in [1.82, 2.24) is 0 Å². The molecule has 0 bridgehead atoms. The van der Waals surface area contributed by atoms with Crippen LogP contribution < -0.4 is 19.8 Å². The molecule has 0 aliphatic carbocycles. The van der Waals surface area contributed by atoms with E-state index in [2.05, 4.69) is 0 Å². The van der Waals surface area contributed by atoms with Crippen molar-refractivity contribution in [1.29, 1.82) is 0 Å². The maximum Gasteiger partial charge on any atom is 0.379 e. The van der Waals surface area contributed by atoms with E-state index in [0.717, 1.165) is 0 Å². The molecular weight excluding hydrogens is 342 g/mol. The van der Waals surface area contributed by atoms with Crippen LogP contribution in [-0.4, -0.2) is 19.1 Å². The van der Waals surface area contributed by atoms with Crippen molar-refractivity contribution in [2.24, 2.45) is 0 Å². The van der Waals surface area contributed by atoms with Gasteiger partial charge in [-0.25, -0.2) is 4.79 Å². The summed E-state index contributed by atoms with van der Waals surface area (Å²) in [5, 5.41) is 12.0. The molecule has 2 aromatic carbocycles. The van der Waals surface area contributed by atoms with Gasteiger partial charge in [-0.1, -0.05) is 18.2 Å². The van der Waals surface area contributed by atoms with E-state index >= 15 is 0 Å². The Kier molecular flexibility index (Phi) is 4.74. The second kappa shape index (κ2) is 7.14. The maximum absolute atomic E-state index is 12.0. The lowest BCUT2D eigenvalue weighted by molar-refractivity contribution is -0.385. The molecule has 8 nitrogen and oxygen atoms in total. The van der Waals surface area contributed by atoms with E-state index in [0.29, 0.717) is 16.7 Å². The molecule has 0 N–H and O–H groups in total. The van der Waals surface area contributed by atoms with E-state index in [9.17, 15) is 14.9 Å². The number of methoxy groups -OCH3 is 2. The second-order valence-corrected chi connectivity index (χ2v) is 5.32. The third-order valence-corrected chi connectivity index (χ3v) is 3.77. The molecule has 0 aliphatic rings. The van der Waals surface area contributed by atoms with E-state index < -0.39 is 10.5 Å². The largest absolute Gasteiger partial charge is 0.493 e. The highest BCUT2D eigenvalue weighted by Crippen LogP contribution is 2.35. The van der Waals surface area contributed by atoms with Gasteiger partial charge in [0.15, 0.2) is 11.5 Å². The number of rotatable bonds is 6. The number of nitro benzene ring substituents is 1. The summed E-state index contributed by atoms with van der Waals surface area (Å²) < 4.78 is 20.9. The van der Waals surface area contributed by atoms with Crippen LogP contribution in [-0.2, 0) is 6.61 Å². The van der Waals surface area contributed by atoms with Crippen molar-refractivity contribution in [3.8, 4) is 17.2 Å². The Labute approximate surface area is 147 Å². The van der Waals surface area contributed by atoms with Gasteiger partial charge >= 0.3 is 5.63 Å². The Morgan fingerprint density at radius 1 is 1.04 bits per heavy atom. The van der Waals surface area contributed by atoms with Gasteiger partial charge < -0.3 is 18.6 Å². The van der Waals surface area contributed by atoms with Crippen molar-refractivity contribution in [2.75, 3.05) is 14.2 Å². The molecule has 1 heterocycles. The van der Waals surface area contributed by atoms with E-state index in [4.69, 9.17) is 18.6 Å². The standard InChI is InChI=1S/C18H15NO7/c1-23-15-8-12(13(19(21)22)9-16(15)24-2)10-25-17-7-11-5-3-4-6-14(11)26-18(17)20/h3-9H,10H2,1-2H3. The number of hydrogen-bond acceptors (Lipinski definition) is 7. The fourth-order valence-electron chi connectivity index (χ4n) is 2.50. The Morgan fingerprint density at radius 2 is 1.73 bits per heavy atom. The number of nitro groups is 1. The summed E-state index contributed by atoms with van der Waals surface area (Å²) >= 11 is 0. The molecule has 8 heteroatoms. The third kappa shape index (κ3) is 3.30. The average Bonchev–Trinajstić information content (AvgIpc) is 2.65. The van der Waals surface area contributed by atoms with Crippen LogP contribution in [0.4, 0.5) is 5.69 Å². The van der Waals surface area contributed by atoms with E-state index in [1.807, 2.05) is 0 Å². The molecule has 3 aromatic rings. The minimum Gasteiger partial charge on any atom is -0.493 e. The molecule has 0 fully saturated rings. The number of benzene rings is 2. The number of ether oxygens (including phenoxy) is 3. The lowest BCUT2D eigenvalue weighted by Crippen LogP contribution is -2.08. The summed E-state index contributed by atoms with van der Waals surface area (Å²) in [5.41, 5.74) is -0.193. The molecule has 134 valence electrons. The Morgan fingerprint density at radius 3 is 2.42 bits per heavy atom. The van der Waals surface area contributed by atoms with Gasteiger partial charge in [0.1, 0.15) is 12.2 Å². The smallest absolute Gasteiger partial charge is 0.379 e. The zero-order valence-corrected chi connectivity index (χ0v) is 14.1. The molecule has 0 saturated carbocycles. The van der Waals surface area contributed by atoms with Crippen LogP contribution in [0.2, 0.25) is 0 Å². The molecule has 26 heavy (non-hydrogen) atoms. The monoisotopic (exact) mass is 357 g/mol. The Hall–Kier alpha value is -3.55. The predicted molar refractivity (Wildman–Crippen MR) is 93.0 cm³/mol. The maximum atomic E-state index is 12.0. The summed E-state index contributed by atoms with van der Waals surface area (Å²) in [6.07, 6.45) is 0. The summed E-state index contributed by atoms with van der Waals surface area (Å²) in [4.78, 5) is 22.8. The zero-order valence-electron chi connectivity index (χ0n) is 14.1. The van der Waals surface area contributed by atoms with Gasteiger partial charge in [-0.2, -0.15) is 0 Å². The van der Waals surface area contributed by atoms with E-state index in [1.54, 1.807) is 24.3 Å². The van der Waals surface area contributed by atoms with Crippen LogP contribution >= 0.6 is 0 Å². The molecular formula is C18H15NO7. The van der Waals surface area contributed by atoms with Crippen LogP contribution in [0.1, 0.15) is 5.56 Å². The molecule has 0 radical (unpaired) electrons. The molecule has 1 aromatic heterocycles. The average molecular weight is 357 g/mol. The predicted octanol–water partition coefficient (Wildman–Crippen LogP) is 3.30. The lowest BCUT2D eigenvalue weighted by Gasteiger charge is -2.11. The molecule has 0 aliphatic heterocycles. The van der Waals surface area contributed by atoms with E-state index in [-0.39, 0.29) is 29.4 Å². The first kappa shape index (κ1) is 17.3. The molecule has 3 rings (SSSR count). The zero-order chi connectivity index (χ0) is 18.7. The van der Waals surface area contributed by atoms with Gasteiger partial charge in [0, 0.05) is 5.39 Å². The van der Waals surface area contributed by atoms with Gasteiger partial charge in [0.2, 0.25) is 5.75 Å².